The molecule has 1 atom stereocenters. The highest BCUT2D eigenvalue weighted by Gasteiger charge is 2.26. The van der Waals surface area contributed by atoms with Gasteiger partial charge in [0.15, 0.2) is 11.5 Å². The van der Waals surface area contributed by atoms with Crippen molar-refractivity contribution in [2.24, 2.45) is 0 Å². The highest BCUT2D eigenvalue weighted by Crippen LogP contribution is 2.41. The first-order chi connectivity index (χ1) is 15.1. The second kappa shape index (κ2) is 9.22. The molecule has 0 spiro atoms. The lowest BCUT2D eigenvalue weighted by molar-refractivity contribution is -0.481. The number of halogens is 1. The number of fused-ring (bicyclic) bond motifs is 1. The summed E-state index contributed by atoms with van der Waals surface area (Å²) in [4.78, 5) is 14.4. The van der Waals surface area contributed by atoms with E-state index < -0.39 is 5.92 Å². The average Bonchev–Trinajstić information content (AvgIpc) is 3.20. The van der Waals surface area contributed by atoms with Gasteiger partial charge in [-0.05, 0) is 50.8 Å². The summed E-state index contributed by atoms with van der Waals surface area (Å²) in [6.07, 6.45) is 1.85. The molecule has 0 aliphatic carbocycles. The zero-order chi connectivity index (χ0) is 21.8. The maximum absolute atomic E-state index is 11.5. The number of H-pyrrole nitrogens is 1. The van der Waals surface area contributed by atoms with E-state index in [4.69, 9.17) is 9.47 Å². The molecule has 0 radical (unpaired) electrons. The Kier molecular flexibility index (Phi) is 6.23. The number of hydrogen-bond donors (Lipinski definition) is 1. The van der Waals surface area contributed by atoms with Gasteiger partial charge in [0.2, 0.25) is 6.54 Å². The van der Waals surface area contributed by atoms with Crippen LogP contribution < -0.4 is 9.47 Å². The van der Waals surface area contributed by atoms with Gasteiger partial charge in [-0.1, -0.05) is 48.5 Å². The molecule has 31 heavy (non-hydrogen) atoms. The number of nitrogens with zero attached hydrogens (tertiary/aromatic N) is 1. The minimum atomic E-state index is -0.445. The molecule has 158 valence electrons. The summed E-state index contributed by atoms with van der Waals surface area (Å²) in [7, 11) is 1.56. The van der Waals surface area contributed by atoms with Crippen LogP contribution in [0, 0.1) is 10.1 Å². The molecule has 3 aromatic carbocycles. The smallest absolute Gasteiger partial charge is 0.214 e. The Hall–Kier alpha value is -3.32. The summed E-state index contributed by atoms with van der Waals surface area (Å²) >= 11 is 3.58. The molecule has 0 aliphatic heterocycles. The van der Waals surface area contributed by atoms with Crippen molar-refractivity contribution in [2.75, 3.05) is 13.7 Å². The van der Waals surface area contributed by atoms with Gasteiger partial charge < -0.3 is 14.5 Å². The van der Waals surface area contributed by atoms with E-state index in [1.165, 1.54) is 0 Å². The number of aromatic amines is 1. The molecular weight excluding hydrogens is 460 g/mol. The number of ether oxygens (including phenoxy) is 2. The highest BCUT2D eigenvalue weighted by atomic mass is 79.9. The third-order valence-corrected chi connectivity index (χ3v) is 5.80. The summed E-state index contributed by atoms with van der Waals surface area (Å²) < 4.78 is 12.3. The summed E-state index contributed by atoms with van der Waals surface area (Å²) in [5.41, 5.74) is 3.63. The van der Waals surface area contributed by atoms with Crippen LogP contribution >= 0.6 is 15.9 Å². The third-order valence-electron chi connectivity index (χ3n) is 5.21. The van der Waals surface area contributed by atoms with Gasteiger partial charge in [-0.25, -0.2) is 0 Å². The molecule has 0 aliphatic rings. The van der Waals surface area contributed by atoms with Gasteiger partial charge in [-0.2, -0.15) is 0 Å². The van der Waals surface area contributed by atoms with E-state index in [-0.39, 0.29) is 11.5 Å². The fourth-order valence-electron chi connectivity index (χ4n) is 3.73. The van der Waals surface area contributed by atoms with E-state index in [0.29, 0.717) is 22.6 Å². The normalized spacial score (nSPS) is 11.9. The van der Waals surface area contributed by atoms with E-state index in [9.17, 15) is 10.1 Å². The van der Waals surface area contributed by atoms with Crippen LogP contribution in [0.1, 0.15) is 22.6 Å². The Bertz CT molecular complexity index is 1210. The van der Waals surface area contributed by atoms with Crippen molar-refractivity contribution in [3.8, 4) is 11.5 Å². The number of hydrogen-bond acceptors (Lipinski definition) is 4. The molecule has 4 aromatic rings. The summed E-state index contributed by atoms with van der Waals surface area (Å²) in [6.45, 7) is 0.150. The maximum atomic E-state index is 11.5. The van der Waals surface area contributed by atoms with E-state index >= 15 is 0 Å². The Labute approximate surface area is 188 Å². The van der Waals surface area contributed by atoms with Crippen molar-refractivity contribution >= 4 is 26.8 Å². The van der Waals surface area contributed by atoms with Gasteiger partial charge in [0.05, 0.1) is 17.5 Å². The largest absolute Gasteiger partial charge is 0.493 e. The molecule has 0 saturated heterocycles. The molecule has 1 N–H and O–H groups in total. The molecule has 0 amide bonds. The van der Waals surface area contributed by atoms with E-state index in [2.05, 4.69) is 20.9 Å². The van der Waals surface area contributed by atoms with Crippen molar-refractivity contribution in [3.63, 3.8) is 0 Å². The molecule has 6 nitrogen and oxygen atoms in total. The quantitative estimate of drug-likeness (QED) is 0.250. The predicted molar refractivity (Wildman–Crippen MR) is 123 cm³/mol. The van der Waals surface area contributed by atoms with Crippen LogP contribution in [0.25, 0.3) is 10.9 Å². The molecule has 0 fully saturated rings. The van der Waals surface area contributed by atoms with Crippen LogP contribution in [0.15, 0.2) is 77.4 Å². The molecule has 1 aromatic heterocycles. The van der Waals surface area contributed by atoms with Crippen LogP contribution in [0.4, 0.5) is 0 Å². The third kappa shape index (κ3) is 4.56. The molecular formula is C24H21BrN2O4. The van der Waals surface area contributed by atoms with Crippen LogP contribution in [0.2, 0.25) is 0 Å². The zero-order valence-electron chi connectivity index (χ0n) is 16.9. The number of nitro groups is 1. The Morgan fingerprint density at radius 2 is 1.84 bits per heavy atom. The Balaban J connectivity index is 1.72. The number of nitrogens with one attached hydrogen (secondary N) is 1. The van der Waals surface area contributed by atoms with Gasteiger partial charge in [-0.3, -0.25) is 10.1 Å². The second-order valence-electron chi connectivity index (χ2n) is 7.17. The average molecular weight is 481 g/mol. The van der Waals surface area contributed by atoms with Crippen molar-refractivity contribution in [3.05, 3.63) is 104 Å². The number of methoxy groups -OCH3 is 1. The van der Waals surface area contributed by atoms with Crippen LogP contribution in [-0.2, 0) is 6.61 Å². The summed E-state index contributed by atoms with van der Waals surface area (Å²) in [5, 5.41) is 12.5. The monoisotopic (exact) mass is 480 g/mol. The van der Waals surface area contributed by atoms with E-state index in [1.807, 2.05) is 72.9 Å². The van der Waals surface area contributed by atoms with Crippen molar-refractivity contribution in [1.82, 2.24) is 4.98 Å². The fourth-order valence-corrected chi connectivity index (χ4v) is 4.30. The van der Waals surface area contributed by atoms with Gasteiger partial charge in [0.25, 0.3) is 0 Å². The predicted octanol–water partition coefficient (Wildman–Crippen LogP) is 5.93. The molecule has 0 unspecified atom stereocenters. The maximum Gasteiger partial charge on any atom is 0.214 e. The first-order valence-corrected chi connectivity index (χ1v) is 10.6. The fraction of sp³-hybridized carbons (Fsp3) is 0.167. The summed E-state index contributed by atoms with van der Waals surface area (Å²) in [6, 6.07) is 21.3. The van der Waals surface area contributed by atoms with Crippen LogP contribution in [-0.4, -0.2) is 23.6 Å². The molecule has 4 rings (SSSR count). The number of benzene rings is 3. The second-order valence-corrected chi connectivity index (χ2v) is 8.02. The van der Waals surface area contributed by atoms with Gasteiger partial charge >= 0.3 is 0 Å². The van der Waals surface area contributed by atoms with E-state index in [0.717, 1.165) is 27.6 Å². The lowest BCUT2D eigenvalue weighted by Crippen LogP contribution is -2.14. The number of para-hydroxylation sites is 1. The number of rotatable bonds is 8. The van der Waals surface area contributed by atoms with Crippen LogP contribution in [0.3, 0.4) is 0 Å². The minimum absolute atomic E-state index is 0.234. The first kappa shape index (κ1) is 20.9. The summed E-state index contributed by atoms with van der Waals surface area (Å²) in [5.74, 6) is 0.641. The molecule has 0 saturated carbocycles. The lowest BCUT2D eigenvalue weighted by Gasteiger charge is -2.18. The highest BCUT2D eigenvalue weighted by molar-refractivity contribution is 9.10. The lowest BCUT2D eigenvalue weighted by atomic mass is 9.90. The van der Waals surface area contributed by atoms with Crippen molar-refractivity contribution in [2.45, 2.75) is 12.5 Å². The minimum Gasteiger partial charge on any atom is -0.493 e. The number of aromatic nitrogens is 1. The molecule has 0 bridgehead atoms. The Morgan fingerprint density at radius 1 is 1.10 bits per heavy atom. The van der Waals surface area contributed by atoms with Gasteiger partial charge in [-0.15, -0.1) is 0 Å². The van der Waals surface area contributed by atoms with Crippen molar-refractivity contribution in [1.29, 1.82) is 0 Å². The Morgan fingerprint density at radius 3 is 2.58 bits per heavy atom. The SMILES string of the molecule is COc1cc([C@@H](C[N+](=O)[O-])c2c[nH]c3ccccc23)cc(Br)c1OCc1ccccc1. The van der Waals surface area contributed by atoms with Gasteiger partial charge in [0.1, 0.15) is 6.61 Å². The van der Waals surface area contributed by atoms with E-state index in [1.54, 1.807) is 7.11 Å². The topological polar surface area (TPSA) is 77.4 Å². The molecule has 1 heterocycles. The zero-order valence-corrected chi connectivity index (χ0v) is 18.5. The first-order valence-electron chi connectivity index (χ1n) is 9.78. The van der Waals surface area contributed by atoms with Crippen molar-refractivity contribution < 1.29 is 14.4 Å². The molecule has 7 heteroatoms. The van der Waals surface area contributed by atoms with Gasteiger partial charge in [0, 0.05) is 22.0 Å². The van der Waals surface area contributed by atoms with Crippen LogP contribution in [0.5, 0.6) is 11.5 Å². The standard InChI is InChI=1S/C24H21BrN2O4/c1-30-23-12-17(11-21(25)24(23)31-15-16-7-3-2-4-8-16)20(14-27(28)29)19-13-26-22-10-6-5-9-18(19)22/h2-13,20,26H,14-15H2,1H3/t20-/m1/s1.